The van der Waals surface area contributed by atoms with Gasteiger partial charge >= 0.3 is 46.2 Å². The Bertz CT molecular complexity index is 76.8. The summed E-state index contributed by atoms with van der Waals surface area (Å²) in [5.41, 5.74) is 0. The summed E-state index contributed by atoms with van der Waals surface area (Å²) in [6.45, 7) is 0. The summed E-state index contributed by atoms with van der Waals surface area (Å²) in [5, 5.41) is 0. The van der Waals surface area contributed by atoms with Crippen LogP contribution in [0.15, 0.2) is 15.3 Å². The molecule has 0 bridgehead atoms. The van der Waals surface area contributed by atoms with E-state index in [1.807, 2.05) is 4.12 Å². The fourth-order valence-corrected chi connectivity index (χ4v) is 0.986. The van der Waals surface area contributed by atoms with Crippen LogP contribution in [0.2, 0.25) is 0 Å². The average Bonchev–Trinajstić information content (AvgIpc) is 1.72. The Labute approximate surface area is 46.5 Å². The van der Waals surface area contributed by atoms with Crippen molar-refractivity contribution in [1.82, 2.24) is 0 Å². The molecule has 6 heavy (non-hydrogen) atoms. The Morgan fingerprint density at radius 3 is 2.83 bits per heavy atom. The molecule has 2 nitrogen and oxygen atoms in total. The molecular weight excluding hydrogens is 194 g/mol. The monoisotopic (exact) mass is 199 g/mol. The number of rotatable bonds is 0. The fraction of sp³-hybridized carbons (Fsp3) is 0. The molecule has 1 rings (SSSR count). The van der Waals surface area contributed by atoms with Crippen LogP contribution in [0.1, 0.15) is 0 Å². The summed E-state index contributed by atoms with van der Waals surface area (Å²) in [6.07, 6.45) is 3.26. The Balaban J connectivity index is 2.46. The number of hydrogen-bond acceptors (Lipinski definition) is 2. The zero-order valence-corrected chi connectivity index (χ0v) is 5.33. The van der Waals surface area contributed by atoms with Crippen molar-refractivity contribution >= 4 is 27.7 Å². The van der Waals surface area contributed by atoms with E-state index < -0.39 is 0 Å². The van der Waals surface area contributed by atoms with Crippen molar-refractivity contribution in [3.05, 3.63) is 10.3 Å². The van der Waals surface area contributed by atoms with Gasteiger partial charge in [-0.2, -0.15) is 0 Å². The van der Waals surface area contributed by atoms with Crippen LogP contribution in [-0.4, -0.2) is 27.7 Å². The molecule has 0 radical (unpaired) electrons. The third kappa shape index (κ3) is 1.000. The van der Waals surface area contributed by atoms with Crippen molar-refractivity contribution < 1.29 is 3.10 Å². The van der Waals surface area contributed by atoms with Gasteiger partial charge in [-0.1, -0.05) is 0 Å². The van der Waals surface area contributed by atoms with Gasteiger partial charge in [0.1, 0.15) is 0 Å². The molecule has 0 unspecified atom stereocenters. The maximum absolute atomic E-state index is 4.82. The van der Waals surface area contributed by atoms with E-state index in [0.717, 1.165) is 0 Å². The van der Waals surface area contributed by atoms with Gasteiger partial charge in [-0.25, -0.2) is 0 Å². The second-order valence-corrected chi connectivity index (χ2v) is 2.61. The Morgan fingerprint density at radius 1 is 1.67 bits per heavy atom. The molecule has 0 atom stereocenters. The quantitative estimate of drug-likeness (QED) is 0.505. The van der Waals surface area contributed by atoms with Crippen molar-refractivity contribution in [2.45, 2.75) is 0 Å². The minimum absolute atomic E-state index is 0.258. The molecule has 1 aliphatic heterocycles. The van der Waals surface area contributed by atoms with E-state index in [-0.39, 0.29) is 21.3 Å². The van der Waals surface area contributed by atoms with E-state index in [4.69, 9.17) is 3.10 Å². The molecule has 1 heterocycles. The maximum atomic E-state index is 4.82. The van der Waals surface area contributed by atoms with Crippen molar-refractivity contribution in [3.63, 3.8) is 0 Å². The van der Waals surface area contributed by atoms with E-state index >= 15 is 0 Å². The van der Waals surface area contributed by atoms with Crippen molar-refractivity contribution in [3.8, 4) is 0 Å². The molecule has 0 aromatic heterocycles. The molecule has 0 amide bonds. The SMILES string of the molecule is C1=C[Te]OC=N1. The van der Waals surface area contributed by atoms with Crippen LogP contribution in [0, 0.1) is 0 Å². The van der Waals surface area contributed by atoms with Gasteiger partial charge in [0, 0.05) is 0 Å². The summed E-state index contributed by atoms with van der Waals surface area (Å²) in [4.78, 5) is 3.68. The van der Waals surface area contributed by atoms with Gasteiger partial charge < -0.3 is 0 Å². The number of nitrogens with zero attached hydrogens (tertiary/aromatic N) is 1. The number of hydrogen-bond donors (Lipinski definition) is 0. The average molecular weight is 197 g/mol. The first-order valence-electron chi connectivity index (χ1n) is 1.49. The van der Waals surface area contributed by atoms with E-state index in [9.17, 15) is 0 Å². The van der Waals surface area contributed by atoms with Gasteiger partial charge in [0.25, 0.3) is 0 Å². The van der Waals surface area contributed by atoms with E-state index in [0.29, 0.717) is 0 Å². The predicted octanol–water partition coefficient (Wildman–Crippen LogP) is 0.135. The first-order valence-corrected chi connectivity index (χ1v) is 3.78. The van der Waals surface area contributed by atoms with Gasteiger partial charge in [-0.3, -0.25) is 0 Å². The molecule has 0 spiro atoms. The second-order valence-electron chi connectivity index (χ2n) is 0.732. The fourth-order valence-electron chi connectivity index (χ4n) is 0.177. The van der Waals surface area contributed by atoms with Crippen LogP contribution in [0.25, 0.3) is 0 Å². The minimum atomic E-state index is -0.258. The van der Waals surface area contributed by atoms with Crippen LogP contribution < -0.4 is 0 Å². The van der Waals surface area contributed by atoms with Gasteiger partial charge in [0.05, 0.1) is 0 Å². The molecule has 0 saturated carbocycles. The Kier molecular flexibility index (Phi) is 1.54. The van der Waals surface area contributed by atoms with Crippen molar-refractivity contribution in [2.24, 2.45) is 4.99 Å². The van der Waals surface area contributed by atoms with Crippen LogP contribution >= 0.6 is 0 Å². The van der Waals surface area contributed by atoms with Crippen molar-refractivity contribution in [1.29, 1.82) is 0 Å². The third-order valence-corrected chi connectivity index (χ3v) is 1.59. The molecule has 0 N–H and O–H groups in total. The molecule has 0 aromatic carbocycles. The van der Waals surface area contributed by atoms with Gasteiger partial charge in [0.2, 0.25) is 0 Å². The molecule has 0 aliphatic carbocycles. The molecule has 32 valence electrons. The first-order chi connectivity index (χ1) is 3.00. The Morgan fingerprint density at radius 2 is 2.67 bits per heavy atom. The van der Waals surface area contributed by atoms with Gasteiger partial charge in [-0.15, -0.1) is 0 Å². The molecule has 3 heteroatoms. The third-order valence-electron chi connectivity index (χ3n) is 0.362. The van der Waals surface area contributed by atoms with E-state index in [2.05, 4.69) is 4.99 Å². The van der Waals surface area contributed by atoms with E-state index in [1.54, 1.807) is 6.20 Å². The topological polar surface area (TPSA) is 21.6 Å². The standard InChI is InChI=1S/C3H3NOTe/c1-2-6-5-3-4-1/h1-3H. The van der Waals surface area contributed by atoms with Gasteiger partial charge in [0.15, 0.2) is 0 Å². The van der Waals surface area contributed by atoms with Crippen LogP contribution in [0.3, 0.4) is 0 Å². The predicted molar refractivity (Wildman–Crippen MR) is 24.5 cm³/mol. The second kappa shape index (κ2) is 2.22. The summed E-state index contributed by atoms with van der Waals surface area (Å²) in [5.74, 6) is 0. The number of aliphatic imine (C=N–C) groups is 1. The summed E-state index contributed by atoms with van der Waals surface area (Å²) in [6, 6.07) is 0. The molecule has 1 aliphatic rings. The first kappa shape index (κ1) is 4.17. The van der Waals surface area contributed by atoms with Crippen molar-refractivity contribution in [2.75, 3.05) is 0 Å². The zero-order valence-electron chi connectivity index (χ0n) is 3.00. The normalized spacial score (nSPS) is 17.3. The molecular formula is C3H3NOTe. The molecule has 0 aromatic rings. The van der Waals surface area contributed by atoms with Gasteiger partial charge in [-0.05, 0) is 0 Å². The van der Waals surface area contributed by atoms with Crippen LogP contribution in [0.4, 0.5) is 0 Å². The zero-order chi connectivity index (χ0) is 4.24. The summed E-state index contributed by atoms with van der Waals surface area (Å²) in [7, 11) is 0. The Hall–Kier alpha value is -0.000390. The van der Waals surface area contributed by atoms with Crippen LogP contribution in [-0.2, 0) is 3.10 Å². The molecule has 0 fully saturated rings. The molecule has 0 saturated heterocycles. The van der Waals surface area contributed by atoms with E-state index in [1.165, 1.54) is 6.40 Å². The summed E-state index contributed by atoms with van der Waals surface area (Å²) < 4.78 is 6.80. The van der Waals surface area contributed by atoms with Crippen LogP contribution in [0.5, 0.6) is 0 Å². The summed E-state index contributed by atoms with van der Waals surface area (Å²) >= 11 is -0.258.